The van der Waals surface area contributed by atoms with Gasteiger partial charge in [0.1, 0.15) is 0 Å². The van der Waals surface area contributed by atoms with Gasteiger partial charge in [0.25, 0.3) is 0 Å². The third-order valence-corrected chi connectivity index (χ3v) is 3.78. The Labute approximate surface area is 82.5 Å². The Hall–Kier alpha value is -0.0400. The first kappa shape index (κ1) is 11.0. The zero-order valence-electron chi connectivity index (χ0n) is 9.56. The van der Waals surface area contributed by atoms with Crippen LogP contribution in [0.15, 0.2) is 0 Å². The van der Waals surface area contributed by atoms with Crippen molar-refractivity contribution < 1.29 is 5.11 Å². The molecule has 0 aromatic rings. The molecule has 1 fully saturated rings. The topological polar surface area (TPSA) is 20.2 Å². The maximum absolute atomic E-state index is 10.5. The zero-order chi connectivity index (χ0) is 10.1. The highest BCUT2D eigenvalue weighted by Gasteiger charge is 2.41. The molecule has 0 aromatic heterocycles. The molecule has 1 saturated carbocycles. The monoisotopic (exact) mass is 184 g/mol. The Bertz CT molecular complexity index is 174. The van der Waals surface area contributed by atoms with Gasteiger partial charge in [-0.2, -0.15) is 0 Å². The molecule has 1 aliphatic carbocycles. The molecule has 1 heteroatoms. The first-order valence-electron chi connectivity index (χ1n) is 5.62. The van der Waals surface area contributed by atoms with Crippen molar-refractivity contribution in [2.75, 3.05) is 0 Å². The van der Waals surface area contributed by atoms with Gasteiger partial charge in [-0.15, -0.1) is 0 Å². The minimum atomic E-state index is -0.378. The van der Waals surface area contributed by atoms with Crippen molar-refractivity contribution in [3.8, 4) is 0 Å². The predicted octanol–water partition coefficient (Wildman–Crippen LogP) is 3.36. The average Bonchev–Trinajstić information content (AvgIpc) is 2.00. The van der Waals surface area contributed by atoms with E-state index in [1.807, 2.05) is 0 Å². The highest BCUT2D eigenvalue weighted by Crippen LogP contribution is 2.44. The summed E-state index contributed by atoms with van der Waals surface area (Å²) in [5.41, 5.74) is -0.0348. The van der Waals surface area contributed by atoms with E-state index in [2.05, 4.69) is 27.7 Å². The summed E-state index contributed by atoms with van der Waals surface area (Å²) in [7, 11) is 0. The van der Waals surface area contributed by atoms with E-state index < -0.39 is 0 Å². The summed E-state index contributed by atoms with van der Waals surface area (Å²) in [5, 5.41) is 10.5. The average molecular weight is 184 g/mol. The third-order valence-electron chi connectivity index (χ3n) is 3.78. The molecule has 2 atom stereocenters. The fraction of sp³-hybridized carbons (Fsp3) is 1.00. The molecule has 0 bridgehead atoms. The van der Waals surface area contributed by atoms with Crippen LogP contribution in [-0.2, 0) is 0 Å². The number of rotatable bonds is 2. The van der Waals surface area contributed by atoms with Gasteiger partial charge in [0.15, 0.2) is 0 Å². The van der Waals surface area contributed by atoms with Crippen LogP contribution in [0.1, 0.15) is 59.8 Å². The van der Waals surface area contributed by atoms with Gasteiger partial charge in [0, 0.05) is 0 Å². The fourth-order valence-corrected chi connectivity index (χ4v) is 2.68. The zero-order valence-corrected chi connectivity index (χ0v) is 9.56. The van der Waals surface area contributed by atoms with Crippen LogP contribution in [0.2, 0.25) is 0 Å². The normalized spacial score (nSPS) is 35.8. The van der Waals surface area contributed by atoms with Gasteiger partial charge >= 0.3 is 0 Å². The lowest BCUT2D eigenvalue weighted by Gasteiger charge is -2.44. The minimum Gasteiger partial charge on any atom is -0.390 e. The van der Waals surface area contributed by atoms with Gasteiger partial charge < -0.3 is 5.11 Å². The molecular weight excluding hydrogens is 160 g/mol. The molecule has 1 aliphatic rings. The molecule has 0 aromatic carbocycles. The standard InChI is InChI=1S/C12H24O/c1-5-10(2)12(13)8-6-7-11(3,4)9-12/h10,13H,5-9H2,1-4H3. The second-order valence-corrected chi connectivity index (χ2v) is 5.61. The summed E-state index contributed by atoms with van der Waals surface area (Å²) in [4.78, 5) is 0. The molecular formula is C12H24O. The van der Waals surface area contributed by atoms with Crippen molar-refractivity contribution >= 4 is 0 Å². The summed E-state index contributed by atoms with van der Waals surface area (Å²) in [6, 6.07) is 0. The van der Waals surface area contributed by atoms with E-state index in [0.717, 1.165) is 19.3 Å². The van der Waals surface area contributed by atoms with Crippen molar-refractivity contribution in [2.24, 2.45) is 11.3 Å². The summed E-state index contributed by atoms with van der Waals surface area (Å²) in [6.45, 7) is 8.91. The van der Waals surface area contributed by atoms with Gasteiger partial charge in [-0.05, 0) is 30.6 Å². The molecule has 1 N–H and O–H groups in total. The first-order valence-corrected chi connectivity index (χ1v) is 5.62. The largest absolute Gasteiger partial charge is 0.390 e. The van der Waals surface area contributed by atoms with Gasteiger partial charge in [0.05, 0.1) is 5.60 Å². The minimum absolute atomic E-state index is 0.344. The first-order chi connectivity index (χ1) is 5.90. The number of hydrogen-bond donors (Lipinski definition) is 1. The van der Waals surface area contributed by atoms with Crippen LogP contribution in [0.5, 0.6) is 0 Å². The molecule has 0 amide bonds. The molecule has 0 spiro atoms. The van der Waals surface area contributed by atoms with Crippen molar-refractivity contribution in [1.29, 1.82) is 0 Å². The van der Waals surface area contributed by atoms with Crippen molar-refractivity contribution in [3.05, 3.63) is 0 Å². The molecule has 13 heavy (non-hydrogen) atoms. The molecule has 78 valence electrons. The number of aliphatic hydroxyl groups is 1. The maximum atomic E-state index is 10.5. The highest BCUT2D eigenvalue weighted by atomic mass is 16.3. The van der Waals surface area contributed by atoms with Gasteiger partial charge in [-0.25, -0.2) is 0 Å². The third kappa shape index (κ3) is 2.46. The quantitative estimate of drug-likeness (QED) is 0.697. The number of hydrogen-bond acceptors (Lipinski definition) is 1. The van der Waals surface area contributed by atoms with Gasteiger partial charge in [-0.1, -0.05) is 40.5 Å². The molecule has 1 rings (SSSR count). The van der Waals surface area contributed by atoms with Crippen molar-refractivity contribution in [3.63, 3.8) is 0 Å². The Morgan fingerprint density at radius 2 is 1.92 bits per heavy atom. The van der Waals surface area contributed by atoms with E-state index in [-0.39, 0.29) is 5.60 Å². The second kappa shape index (κ2) is 3.61. The van der Waals surface area contributed by atoms with Crippen LogP contribution in [0.4, 0.5) is 0 Å². The van der Waals surface area contributed by atoms with E-state index in [9.17, 15) is 5.11 Å². The summed E-state index contributed by atoms with van der Waals surface area (Å²) in [5.74, 6) is 0.451. The van der Waals surface area contributed by atoms with E-state index >= 15 is 0 Å². The van der Waals surface area contributed by atoms with E-state index in [1.54, 1.807) is 0 Å². The van der Waals surface area contributed by atoms with Crippen molar-refractivity contribution in [1.82, 2.24) is 0 Å². The van der Waals surface area contributed by atoms with Crippen LogP contribution in [0.25, 0.3) is 0 Å². The lowest BCUT2D eigenvalue weighted by molar-refractivity contribution is -0.0789. The van der Waals surface area contributed by atoms with Crippen LogP contribution in [0, 0.1) is 11.3 Å². The van der Waals surface area contributed by atoms with E-state index in [1.165, 1.54) is 12.8 Å². The SMILES string of the molecule is CCC(C)C1(O)CCCC(C)(C)C1. The molecule has 0 saturated heterocycles. The molecule has 2 unspecified atom stereocenters. The summed E-state index contributed by atoms with van der Waals surface area (Å²) in [6.07, 6.45) is 5.53. The Balaban J connectivity index is 2.68. The van der Waals surface area contributed by atoms with Crippen molar-refractivity contribution in [2.45, 2.75) is 65.4 Å². The molecule has 0 radical (unpaired) electrons. The Morgan fingerprint density at radius 3 is 2.38 bits per heavy atom. The molecule has 0 aliphatic heterocycles. The highest BCUT2D eigenvalue weighted by molar-refractivity contribution is 4.93. The van der Waals surface area contributed by atoms with Gasteiger partial charge in [-0.3, -0.25) is 0 Å². The van der Waals surface area contributed by atoms with E-state index in [4.69, 9.17) is 0 Å². The van der Waals surface area contributed by atoms with Crippen LogP contribution in [0.3, 0.4) is 0 Å². The second-order valence-electron chi connectivity index (χ2n) is 5.61. The smallest absolute Gasteiger partial charge is 0.0678 e. The van der Waals surface area contributed by atoms with Crippen LogP contribution >= 0.6 is 0 Å². The summed E-state index contributed by atoms with van der Waals surface area (Å²) < 4.78 is 0. The summed E-state index contributed by atoms with van der Waals surface area (Å²) >= 11 is 0. The predicted molar refractivity (Wildman–Crippen MR) is 56.7 cm³/mol. The fourth-order valence-electron chi connectivity index (χ4n) is 2.68. The Kier molecular flexibility index (Phi) is 3.06. The Morgan fingerprint density at radius 1 is 1.31 bits per heavy atom. The van der Waals surface area contributed by atoms with Gasteiger partial charge in [0.2, 0.25) is 0 Å². The molecule has 0 heterocycles. The van der Waals surface area contributed by atoms with Crippen LogP contribution in [-0.4, -0.2) is 10.7 Å². The van der Waals surface area contributed by atoms with Crippen LogP contribution < -0.4 is 0 Å². The lowest BCUT2D eigenvalue weighted by Crippen LogP contribution is -2.43. The van der Waals surface area contributed by atoms with E-state index in [0.29, 0.717) is 11.3 Å². The maximum Gasteiger partial charge on any atom is 0.0678 e. The molecule has 1 nitrogen and oxygen atoms in total. The lowest BCUT2D eigenvalue weighted by atomic mass is 9.65.